The number of nitrogens with two attached hydrogens (primary N) is 1. The Bertz CT molecular complexity index is 176. The van der Waals surface area contributed by atoms with E-state index in [4.69, 9.17) is 10.5 Å². The first-order valence-corrected chi connectivity index (χ1v) is 4.78. The summed E-state index contributed by atoms with van der Waals surface area (Å²) in [5.74, 6) is -0.221. The number of esters is 1. The molecule has 0 amide bonds. The SMILES string of the molecule is CC=C(CCCC)C(=O)OCCN. The lowest BCUT2D eigenvalue weighted by Crippen LogP contribution is -2.15. The van der Waals surface area contributed by atoms with Gasteiger partial charge < -0.3 is 10.5 Å². The number of unbranched alkanes of at least 4 members (excludes halogenated alkanes) is 1. The highest BCUT2D eigenvalue weighted by molar-refractivity contribution is 5.88. The Balaban J connectivity index is 3.87. The van der Waals surface area contributed by atoms with Gasteiger partial charge in [-0.1, -0.05) is 19.4 Å². The molecule has 0 unspecified atom stereocenters. The molecular formula is C10H19NO2. The number of ether oxygens (including phenoxy) is 1. The molecule has 0 aliphatic rings. The molecule has 0 aromatic carbocycles. The quantitative estimate of drug-likeness (QED) is 0.505. The van der Waals surface area contributed by atoms with Crippen LogP contribution in [0, 0.1) is 0 Å². The minimum Gasteiger partial charge on any atom is -0.461 e. The Kier molecular flexibility index (Phi) is 7.30. The maximum absolute atomic E-state index is 11.3. The van der Waals surface area contributed by atoms with Crippen LogP contribution in [0.2, 0.25) is 0 Å². The third-order valence-electron chi connectivity index (χ3n) is 1.76. The van der Waals surface area contributed by atoms with Crippen molar-refractivity contribution >= 4 is 5.97 Å². The second-order valence-corrected chi connectivity index (χ2v) is 2.84. The van der Waals surface area contributed by atoms with Gasteiger partial charge in [-0.25, -0.2) is 4.79 Å². The van der Waals surface area contributed by atoms with Gasteiger partial charge in [-0.05, 0) is 19.8 Å². The van der Waals surface area contributed by atoms with Crippen molar-refractivity contribution in [1.82, 2.24) is 0 Å². The molecule has 0 aliphatic carbocycles. The van der Waals surface area contributed by atoms with Crippen LogP contribution in [-0.2, 0) is 9.53 Å². The zero-order chi connectivity index (χ0) is 10.1. The summed E-state index contributed by atoms with van der Waals surface area (Å²) in [5.41, 5.74) is 5.98. The van der Waals surface area contributed by atoms with Crippen LogP contribution in [0.25, 0.3) is 0 Å². The molecule has 0 aliphatic heterocycles. The minimum atomic E-state index is -0.221. The molecule has 0 spiro atoms. The Morgan fingerprint density at radius 2 is 2.23 bits per heavy atom. The summed E-state index contributed by atoms with van der Waals surface area (Å²) in [5, 5.41) is 0. The van der Waals surface area contributed by atoms with E-state index in [1.165, 1.54) is 0 Å². The smallest absolute Gasteiger partial charge is 0.333 e. The van der Waals surface area contributed by atoms with E-state index in [1.54, 1.807) is 0 Å². The van der Waals surface area contributed by atoms with Crippen LogP contribution in [0.1, 0.15) is 33.1 Å². The van der Waals surface area contributed by atoms with Crippen LogP contribution >= 0.6 is 0 Å². The standard InChI is InChI=1S/C10H19NO2/c1-3-5-6-9(4-2)10(12)13-8-7-11/h4H,3,5-8,11H2,1-2H3. The lowest BCUT2D eigenvalue weighted by atomic mass is 10.1. The summed E-state index contributed by atoms with van der Waals surface area (Å²) >= 11 is 0. The predicted octanol–water partition coefficient (Wildman–Crippen LogP) is 1.62. The molecule has 0 aromatic heterocycles. The Morgan fingerprint density at radius 3 is 2.69 bits per heavy atom. The first kappa shape index (κ1) is 12.2. The molecular weight excluding hydrogens is 166 g/mol. The van der Waals surface area contributed by atoms with Gasteiger partial charge in [-0.15, -0.1) is 0 Å². The van der Waals surface area contributed by atoms with E-state index in [9.17, 15) is 4.79 Å². The summed E-state index contributed by atoms with van der Waals surface area (Å²) < 4.78 is 4.91. The van der Waals surface area contributed by atoms with Gasteiger partial charge in [0.1, 0.15) is 6.61 Å². The number of carbonyl (C=O) groups excluding carboxylic acids is 1. The van der Waals surface area contributed by atoms with Crippen LogP contribution in [0.4, 0.5) is 0 Å². The average Bonchev–Trinajstić information content (AvgIpc) is 2.16. The zero-order valence-electron chi connectivity index (χ0n) is 8.51. The first-order chi connectivity index (χ1) is 6.26. The van der Waals surface area contributed by atoms with E-state index in [-0.39, 0.29) is 5.97 Å². The molecule has 0 saturated heterocycles. The summed E-state index contributed by atoms with van der Waals surface area (Å²) in [6.45, 7) is 4.64. The summed E-state index contributed by atoms with van der Waals surface area (Å²) in [6, 6.07) is 0. The summed E-state index contributed by atoms with van der Waals surface area (Å²) in [6.07, 6.45) is 4.73. The molecule has 3 heteroatoms. The normalized spacial score (nSPS) is 11.5. The van der Waals surface area contributed by atoms with Crippen molar-refractivity contribution in [2.45, 2.75) is 33.1 Å². The molecule has 0 bridgehead atoms. The highest BCUT2D eigenvalue weighted by Crippen LogP contribution is 2.08. The van der Waals surface area contributed by atoms with E-state index in [0.717, 1.165) is 24.8 Å². The van der Waals surface area contributed by atoms with Crippen LogP contribution in [0.3, 0.4) is 0 Å². The second kappa shape index (κ2) is 7.80. The van der Waals surface area contributed by atoms with Crippen LogP contribution in [0.15, 0.2) is 11.6 Å². The van der Waals surface area contributed by atoms with Gasteiger partial charge in [-0.2, -0.15) is 0 Å². The molecule has 3 nitrogen and oxygen atoms in total. The van der Waals surface area contributed by atoms with E-state index in [2.05, 4.69) is 6.92 Å². The first-order valence-electron chi connectivity index (χ1n) is 4.78. The molecule has 0 radical (unpaired) electrons. The van der Waals surface area contributed by atoms with Crippen LogP contribution < -0.4 is 5.73 Å². The molecule has 0 saturated carbocycles. The molecule has 0 atom stereocenters. The van der Waals surface area contributed by atoms with Gasteiger partial charge in [0.05, 0.1) is 0 Å². The molecule has 0 fully saturated rings. The maximum atomic E-state index is 11.3. The summed E-state index contributed by atoms with van der Waals surface area (Å²) in [7, 11) is 0. The van der Waals surface area contributed by atoms with Crippen molar-refractivity contribution in [3.05, 3.63) is 11.6 Å². The monoisotopic (exact) mass is 185 g/mol. The lowest BCUT2D eigenvalue weighted by Gasteiger charge is -2.05. The van der Waals surface area contributed by atoms with E-state index >= 15 is 0 Å². The Labute approximate surface area is 79.9 Å². The highest BCUT2D eigenvalue weighted by atomic mass is 16.5. The third kappa shape index (κ3) is 5.42. The van der Waals surface area contributed by atoms with Crippen molar-refractivity contribution in [3.63, 3.8) is 0 Å². The van der Waals surface area contributed by atoms with Crippen molar-refractivity contribution in [3.8, 4) is 0 Å². The van der Waals surface area contributed by atoms with Crippen LogP contribution in [-0.4, -0.2) is 19.1 Å². The summed E-state index contributed by atoms with van der Waals surface area (Å²) in [4.78, 5) is 11.3. The Hall–Kier alpha value is -0.830. The van der Waals surface area contributed by atoms with E-state index < -0.39 is 0 Å². The number of carbonyl (C=O) groups is 1. The lowest BCUT2D eigenvalue weighted by molar-refractivity contribution is -0.138. The van der Waals surface area contributed by atoms with Crippen LogP contribution in [0.5, 0.6) is 0 Å². The van der Waals surface area contributed by atoms with Gasteiger partial charge in [0.2, 0.25) is 0 Å². The molecule has 0 rings (SSSR count). The van der Waals surface area contributed by atoms with Gasteiger partial charge in [0.15, 0.2) is 0 Å². The largest absolute Gasteiger partial charge is 0.461 e. The fourth-order valence-electron chi connectivity index (χ4n) is 0.976. The molecule has 13 heavy (non-hydrogen) atoms. The number of hydrogen-bond donors (Lipinski definition) is 1. The Morgan fingerprint density at radius 1 is 1.54 bits per heavy atom. The van der Waals surface area contributed by atoms with Gasteiger partial charge in [0.25, 0.3) is 0 Å². The fraction of sp³-hybridized carbons (Fsp3) is 0.700. The topological polar surface area (TPSA) is 52.3 Å². The van der Waals surface area contributed by atoms with Gasteiger partial charge in [0, 0.05) is 12.1 Å². The molecule has 0 aromatic rings. The fourth-order valence-corrected chi connectivity index (χ4v) is 0.976. The zero-order valence-corrected chi connectivity index (χ0v) is 8.51. The van der Waals surface area contributed by atoms with Crippen molar-refractivity contribution < 1.29 is 9.53 Å². The van der Waals surface area contributed by atoms with Gasteiger partial charge in [-0.3, -0.25) is 0 Å². The number of rotatable bonds is 6. The van der Waals surface area contributed by atoms with Crippen molar-refractivity contribution in [1.29, 1.82) is 0 Å². The average molecular weight is 185 g/mol. The second-order valence-electron chi connectivity index (χ2n) is 2.84. The van der Waals surface area contributed by atoms with E-state index in [1.807, 2.05) is 13.0 Å². The van der Waals surface area contributed by atoms with Crippen molar-refractivity contribution in [2.24, 2.45) is 5.73 Å². The highest BCUT2D eigenvalue weighted by Gasteiger charge is 2.08. The van der Waals surface area contributed by atoms with Crippen molar-refractivity contribution in [2.75, 3.05) is 13.2 Å². The number of allylic oxidation sites excluding steroid dienone is 1. The minimum absolute atomic E-state index is 0.221. The maximum Gasteiger partial charge on any atom is 0.333 e. The number of hydrogen-bond acceptors (Lipinski definition) is 3. The molecule has 76 valence electrons. The predicted molar refractivity (Wildman–Crippen MR) is 53.3 cm³/mol. The van der Waals surface area contributed by atoms with Gasteiger partial charge >= 0.3 is 5.97 Å². The molecule has 0 heterocycles. The molecule has 2 N–H and O–H groups in total. The van der Waals surface area contributed by atoms with E-state index in [0.29, 0.717) is 13.2 Å². The third-order valence-corrected chi connectivity index (χ3v) is 1.76.